The van der Waals surface area contributed by atoms with Gasteiger partial charge in [-0.15, -0.1) is 0 Å². The summed E-state index contributed by atoms with van der Waals surface area (Å²) in [4.78, 5) is 0. The van der Waals surface area contributed by atoms with Crippen molar-refractivity contribution in [2.45, 2.75) is 19.8 Å². The van der Waals surface area contributed by atoms with E-state index in [0.717, 1.165) is 11.1 Å². The molecule has 3 heteroatoms. The molecule has 0 aliphatic carbocycles. The zero-order valence-electron chi connectivity index (χ0n) is 8.04. The van der Waals surface area contributed by atoms with Gasteiger partial charge >= 0.3 is 0 Å². The quantitative estimate of drug-likeness (QED) is 0.565. The van der Waals surface area contributed by atoms with Crippen molar-refractivity contribution in [2.75, 3.05) is 0 Å². The molecule has 1 rings (SSSR count). The minimum atomic E-state index is 0.325. The molecule has 0 saturated carbocycles. The summed E-state index contributed by atoms with van der Waals surface area (Å²) in [6, 6.07) is 7.51. The fourth-order valence-electron chi connectivity index (χ4n) is 1.30. The molecule has 0 bridgehead atoms. The van der Waals surface area contributed by atoms with E-state index >= 15 is 0 Å². The first-order chi connectivity index (χ1) is 6.56. The summed E-state index contributed by atoms with van der Waals surface area (Å²) in [5.41, 5.74) is 2.48. The number of nitrogens with zero attached hydrogens (tertiary/aromatic N) is 1. The SMILES string of the molecule is CC(C)c1ccc(C#N)cc1C(=S)Cl. The molecule has 0 aliphatic heterocycles. The molecule has 0 amide bonds. The first kappa shape index (κ1) is 11.2. The van der Waals surface area contributed by atoms with Crippen molar-refractivity contribution in [3.8, 4) is 6.07 Å². The van der Waals surface area contributed by atoms with E-state index in [4.69, 9.17) is 29.1 Å². The van der Waals surface area contributed by atoms with Crippen molar-refractivity contribution in [2.24, 2.45) is 0 Å². The summed E-state index contributed by atoms with van der Waals surface area (Å²) in [6.07, 6.45) is 0. The number of thiocarbonyl (C=S) groups is 1. The molecule has 0 N–H and O–H groups in total. The van der Waals surface area contributed by atoms with Crippen LogP contribution in [-0.4, -0.2) is 4.32 Å². The van der Waals surface area contributed by atoms with Crippen molar-refractivity contribution in [1.29, 1.82) is 5.26 Å². The van der Waals surface area contributed by atoms with Crippen LogP contribution in [0, 0.1) is 11.3 Å². The van der Waals surface area contributed by atoms with Crippen molar-refractivity contribution < 1.29 is 0 Å². The average molecular weight is 224 g/mol. The van der Waals surface area contributed by atoms with Gasteiger partial charge in [0, 0.05) is 5.56 Å². The molecule has 14 heavy (non-hydrogen) atoms. The van der Waals surface area contributed by atoms with Gasteiger partial charge in [0.25, 0.3) is 0 Å². The molecule has 0 radical (unpaired) electrons. The second-order valence-corrected chi connectivity index (χ2v) is 4.35. The molecule has 0 spiro atoms. The lowest BCUT2D eigenvalue weighted by molar-refractivity contribution is 0.865. The average Bonchev–Trinajstić information content (AvgIpc) is 2.16. The van der Waals surface area contributed by atoms with Gasteiger partial charge in [0.2, 0.25) is 0 Å². The normalized spacial score (nSPS) is 9.93. The Bertz CT molecular complexity index is 404. The Labute approximate surface area is 94.3 Å². The van der Waals surface area contributed by atoms with Gasteiger partial charge in [-0.25, -0.2) is 0 Å². The van der Waals surface area contributed by atoms with Gasteiger partial charge < -0.3 is 0 Å². The lowest BCUT2D eigenvalue weighted by Gasteiger charge is -2.10. The summed E-state index contributed by atoms with van der Waals surface area (Å²) in [7, 11) is 0. The number of halogens is 1. The molecule has 0 aliphatic rings. The Morgan fingerprint density at radius 1 is 1.50 bits per heavy atom. The molecule has 1 aromatic rings. The van der Waals surface area contributed by atoms with E-state index in [2.05, 4.69) is 19.9 Å². The smallest absolute Gasteiger partial charge is 0.111 e. The third kappa shape index (κ3) is 2.31. The lowest BCUT2D eigenvalue weighted by Crippen LogP contribution is -1.99. The van der Waals surface area contributed by atoms with Crippen LogP contribution in [0.15, 0.2) is 18.2 Å². The van der Waals surface area contributed by atoms with Gasteiger partial charge in [-0.05, 0) is 23.6 Å². The number of nitriles is 1. The van der Waals surface area contributed by atoms with E-state index in [1.165, 1.54) is 0 Å². The Hall–Kier alpha value is -0.910. The molecule has 0 saturated heterocycles. The van der Waals surface area contributed by atoms with Crippen LogP contribution in [0.4, 0.5) is 0 Å². The Balaban J connectivity index is 3.33. The topological polar surface area (TPSA) is 23.8 Å². The van der Waals surface area contributed by atoms with Crippen LogP contribution in [0.1, 0.15) is 36.5 Å². The Morgan fingerprint density at radius 2 is 2.14 bits per heavy atom. The van der Waals surface area contributed by atoms with Crippen LogP contribution in [-0.2, 0) is 0 Å². The number of rotatable bonds is 2. The highest BCUT2D eigenvalue weighted by atomic mass is 35.5. The molecule has 0 aromatic heterocycles. The van der Waals surface area contributed by atoms with Crippen LogP contribution >= 0.6 is 23.8 Å². The van der Waals surface area contributed by atoms with Gasteiger partial charge in [-0.1, -0.05) is 43.7 Å². The van der Waals surface area contributed by atoms with Crippen molar-refractivity contribution >= 4 is 28.1 Å². The highest BCUT2D eigenvalue weighted by Gasteiger charge is 2.09. The van der Waals surface area contributed by atoms with Crippen LogP contribution in [0.5, 0.6) is 0 Å². The third-order valence-corrected chi connectivity index (χ3v) is 2.44. The maximum Gasteiger partial charge on any atom is 0.111 e. The molecule has 0 fully saturated rings. The zero-order chi connectivity index (χ0) is 10.7. The van der Waals surface area contributed by atoms with Gasteiger partial charge in [-0.2, -0.15) is 5.26 Å². The summed E-state index contributed by atoms with van der Waals surface area (Å²) >= 11 is 10.7. The first-order valence-electron chi connectivity index (χ1n) is 4.30. The van der Waals surface area contributed by atoms with Crippen molar-refractivity contribution in [3.63, 3.8) is 0 Å². The van der Waals surface area contributed by atoms with E-state index in [1.54, 1.807) is 12.1 Å². The highest BCUT2D eigenvalue weighted by Crippen LogP contribution is 2.22. The van der Waals surface area contributed by atoms with Crippen molar-refractivity contribution in [3.05, 3.63) is 34.9 Å². The number of benzene rings is 1. The summed E-state index contributed by atoms with van der Waals surface area (Å²) < 4.78 is 0.325. The predicted octanol–water partition coefficient (Wildman–Crippen LogP) is 3.60. The first-order valence-corrected chi connectivity index (χ1v) is 5.08. The van der Waals surface area contributed by atoms with Gasteiger partial charge in [-0.3, -0.25) is 0 Å². The highest BCUT2D eigenvalue weighted by molar-refractivity contribution is 7.83. The van der Waals surface area contributed by atoms with Crippen molar-refractivity contribution in [1.82, 2.24) is 0 Å². The molecular formula is C11H10ClNS. The molecule has 0 heterocycles. The van der Waals surface area contributed by atoms with Gasteiger partial charge in [0.15, 0.2) is 0 Å². The van der Waals surface area contributed by atoms with Gasteiger partial charge in [0.1, 0.15) is 4.32 Å². The monoisotopic (exact) mass is 223 g/mol. The van der Waals surface area contributed by atoms with E-state index in [9.17, 15) is 0 Å². The Morgan fingerprint density at radius 3 is 2.57 bits per heavy atom. The van der Waals surface area contributed by atoms with Crippen LogP contribution in [0.25, 0.3) is 0 Å². The molecule has 0 unspecified atom stereocenters. The maximum atomic E-state index is 8.74. The fraction of sp³-hybridized carbons (Fsp3) is 0.273. The molecular weight excluding hydrogens is 214 g/mol. The van der Waals surface area contributed by atoms with Crippen LogP contribution in [0.2, 0.25) is 0 Å². The van der Waals surface area contributed by atoms with E-state index in [1.807, 2.05) is 6.07 Å². The van der Waals surface area contributed by atoms with Crippen LogP contribution in [0.3, 0.4) is 0 Å². The number of hydrogen-bond donors (Lipinski definition) is 0. The minimum Gasteiger partial charge on any atom is -0.192 e. The summed E-state index contributed by atoms with van der Waals surface area (Å²) in [5, 5.41) is 8.74. The third-order valence-electron chi connectivity index (χ3n) is 2.02. The number of hydrogen-bond acceptors (Lipinski definition) is 2. The lowest BCUT2D eigenvalue weighted by atomic mass is 9.96. The maximum absolute atomic E-state index is 8.74. The molecule has 72 valence electrons. The summed E-state index contributed by atoms with van der Waals surface area (Å²) in [6.45, 7) is 4.14. The predicted molar refractivity (Wildman–Crippen MR) is 62.8 cm³/mol. The zero-order valence-corrected chi connectivity index (χ0v) is 9.62. The van der Waals surface area contributed by atoms with E-state index < -0.39 is 0 Å². The Kier molecular flexibility index (Phi) is 3.62. The molecule has 0 atom stereocenters. The van der Waals surface area contributed by atoms with E-state index in [0.29, 0.717) is 15.8 Å². The minimum absolute atomic E-state index is 0.325. The van der Waals surface area contributed by atoms with Crippen LogP contribution < -0.4 is 0 Å². The molecule has 1 nitrogen and oxygen atoms in total. The fourth-order valence-corrected chi connectivity index (χ4v) is 1.64. The second kappa shape index (κ2) is 4.54. The summed E-state index contributed by atoms with van der Waals surface area (Å²) in [5.74, 6) is 0.356. The second-order valence-electron chi connectivity index (χ2n) is 3.34. The van der Waals surface area contributed by atoms with E-state index in [-0.39, 0.29) is 0 Å². The standard InChI is InChI=1S/C11H10ClNS/c1-7(2)9-4-3-8(6-13)5-10(9)11(12)14/h3-5,7H,1-2H3. The molecule has 1 aromatic carbocycles. The largest absolute Gasteiger partial charge is 0.192 e. The van der Waals surface area contributed by atoms with Gasteiger partial charge in [0.05, 0.1) is 11.6 Å².